The van der Waals surface area contributed by atoms with Crippen LogP contribution in [0.2, 0.25) is 5.02 Å². The summed E-state index contributed by atoms with van der Waals surface area (Å²) in [6.45, 7) is 2.45. The number of rotatable bonds is 8. The molecular formula is C23H19BrClFN2O3. The SMILES string of the molecule is CCOc1cc(/C=N\NC(=O)c2ccccc2Br)cc(Cl)c1OCc1ccc(F)cc1. The van der Waals surface area contributed by atoms with Gasteiger partial charge in [-0.3, -0.25) is 4.79 Å². The van der Waals surface area contributed by atoms with Gasteiger partial charge in [-0.15, -0.1) is 0 Å². The largest absolute Gasteiger partial charge is 0.490 e. The molecule has 0 heterocycles. The molecule has 0 saturated carbocycles. The fourth-order valence-electron chi connectivity index (χ4n) is 2.67. The van der Waals surface area contributed by atoms with Crippen LogP contribution in [0.1, 0.15) is 28.4 Å². The van der Waals surface area contributed by atoms with E-state index >= 15 is 0 Å². The number of nitrogens with one attached hydrogen (secondary N) is 1. The molecule has 0 radical (unpaired) electrons. The van der Waals surface area contributed by atoms with Gasteiger partial charge in [0.1, 0.15) is 12.4 Å². The average molecular weight is 506 g/mol. The number of amides is 1. The summed E-state index contributed by atoms with van der Waals surface area (Å²) in [6, 6.07) is 16.4. The summed E-state index contributed by atoms with van der Waals surface area (Å²) in [6.07, 6.45) is 1.47. The van der Waals surface area contributed by atoms with E-state index in [-0.39, 0.29) is 18.3 Å². The number of nitrogens with zero attached hydrogens (tertiary/aromatic N) is 1. The first-order valence-corrected chi connectivity index (χ1v) is 10.6. The average Bonchev–Trinajstić information content (AvgIpc) is 2.75. The third-order valence-corrected chi connectivity index (χ3v) is 5.10. The summed E-state index contributed by atoms with van der Waals surface area (Å²) < 4.78 is 25.2. The highest BCUT2D eigenvalue weighted by Gasteiger charge is 2.13. The molecule has 1 amide bonds. The Balaban J connectivity index is 1.73. The molecule has 0 bridgehead atoms. The van der Waals surface area contributed by atoms with Crippen LogP contribution in [0, 0.1) is 5.82 Å². The van der Waals surface area contributed by atoms with Crippen LogP contribution in [-0.4, -0.2) is 18.7 Å². The molecule has 5 nitrogen and oxygen atoms in total. The van der Waals surface area contributed by atoms with Crippen LogP contribution in [0.25, 0.3) is 0 Å². The Kier molecular flexibility index (Phi) is 8.03. The smallest absolute Gasteiger partial charge is 0.272 e. The Morgan fingerprint density at radius 3 is 2.61 bits per heavy atom. The summed E-state index contributed by atoms with van der Waals surface area (Å²) in [5.41, 5.74) is 4.36. The fraction of sp³-hybridized carbons (Fsp3) is 0.130. The van der Waals surface area contributed by atoms with Crippen molar-refractivity contribution in [3.63, 3.8) is 0 Å². The summed E-state index contributed by atoms with van der Waals surface area (Å²) in [5, 5.41) is 4.32. The second-order valence-electron chi connectivity index (χ2n) is 6.36. The highest BCUT2D eigenvalue weighted by molar-refractivity contribution is 9.10. The lowest BCUT2D eigenvalue weighted by Crippen LogP contribution is -2.18. The predicted octanol–water partition coefficient (Wildman–Crippen LogP) is 5.98. The Morgan fingerprint density at radius 1 is 1.16 bits per heavy atom. The van der Waals surface area contributed by atoms with Crippen molar-refractivity contribution in [2.75, 3.05) is 6.61 Å². The maximum Gasteiger partial charge on any atom is 0.272 e. The number of halogens is 3. The predicted molar refractivity (Wildman–Crippen MR) is 123 cm³/mol. The van der Waals surface area contributed by atoms with Crippen molar-refractivity contribution in [1.29, 1.82) is 0 Å². The highest BCUT2D eigenvalue weighted by atomic mass is 79.9. The lowest BCUT2D eigenvalue weighted by Gasteiger charge is -2.14. The molecule has 0 saturated heterocycles. The standard InChI is InChI=1S/C23H19BrClFN2O3/c1-2-30-21-12-16(13-27-28-23(29)18-5-3-4-6-19(18)24)11-20(25)22(21)31-14-15-7-9-17(26)10-8-15/h3-13H,2,14H2,1H3,(H,28,29)/b27-13-. The maximum atomic E-state index is 13.1. The van der Waals surface area contributed by atoms with Crippen molar-refractivity contribution in [3.8, 4) is 11.5 Å². The van der Waals surface area contributed by atoms with Crippen LogP contribution < -0.4 is 14.9 Å². The van der Waals surface area contributed by atoms with Crippen molar-refractivity contribution in [3.05, 3.63) is 92.7 Å². The van der Waals surface area contributed by atoms with E-state index in [2.05, 4.69) is 26.5 Å². The number of ether oxygens (including phenoxy) is 2. The number of carbonyl (C=O) groups excluding carboxylic acids is 1. The second-order valence-corrected chi connectivity index (χ2v) is 7.62. The van der Waals surface area contributed by atoms with Gasteiger partial charge in [0.2, 0.25) is 0 Å². The zero-order valence-electron chi connectivity index (χ0n) is 16.6. The number of hydrogen-bond acceptors (Lipinski definition) is 4. The molecule has 0 aliphatic carbocycles. The first-order valence-electron chi connectivity index (χ1n) is 9.39. The van der Waals surface area contributed by atoms with Crippen molar-refractivity contribution in [2.24, 2.45) is 5.10 Å². The molecule has 0 spiro atoms. The Bertz CT molecular complexity index is 1090. The van der Waals surface area contributed by atoms with Gasteiger partial charge in [-0.1, -0.05) is 35.9 Å². The molecule has 160 valence electrons. The van der Waals surface area contributed by atoms with E-state index in [9.17, 15) is 9.18 Å². The lowest BCUT2D eigenvalue weighted by atomic mass is 10.2. The van der Waals surface area contributed by atoms with Crippen LogP contribution in [0.3, 0.4) is 0 Å². The van der Waals surface area contributed by atoms with Crippen LogP contribution in [0.4, 0.5) is 4.39 Å². The van der Waals surface area contributed by atoms with Gasteiger partial charge in [0, 0.05) is 4.47 Å². The van der Waals surface area contributed by atoms with Crippen molar-refractivity contribution >= 4 is 39.7 Å². The Labute approximate surface area is 193 Å². The van der Waals surface area contributed by atoms with E-state index in [1.807, 2.05) is 13.0 Å². The van der Waals surface area contributed by atoms with Gasteiger partial charge in [0.05, 0.1) is 23.4 Å². The van der Waals surface area contributed by atoms with Crippen LogP contribution >= 0.6 is 27.5 Å². The summed E-state index contributed by atoms with van der Waals surface area (Å²) >= 11 is 9.73. The number of hydrogen-bond donors (Lipinski definition) is 1. The van der Waals surface area contributed by atoms with E-state index in [1.165, 1.54) is 18.3 Å². The molecule has 3 rings (SSSR count). The van der Waals surface area contributed by atoms with E-state index in [1.54, 1.807) is 42.5 Å². The van der Waals surface area contributed by atoms with E-state index in [4.69, 9.17) is 21.1 Å². The van der Waals surface area contributed by atoms with Crippen LogP contribution in [0.15, 0.2) is 70.2 Å². The Hall–Kier alpha value is -2.90. The normalized spacial score (nSPS) is 10.8. The number of carbonyl (C=O) groups is 1. The highest BCUT2D eigenvalue weighted by Crippen LogP contribution is 2.37. The number of benzene rings is 3. The lowest BCUT2D eigenvalue weighted by molar-refractivity contribution is 0.0954. The third kappa shape index (κ3) is 6.29. The van der Waals surface area contributed by atoms with Gasteiger partial charge in [0.15, 0.2) is 11.5 Å². The zero-order valence-corrected chi connectivity index (χ0v) is 18.9. The second kappa shape index (κ2) is 10.9. The van der Waals surface area contributed by atoms with Crippen LogP contribution in [-0.2, 0) is 6.61 Å². The van der Waals surface area contributed by atoms with Gasteiger partial charge >= 0.3 is 0 Å². The molecule has 0 aromatic heterocycles. The first-order chi connectivity index (χ1) is 15.0. The third-order valence-electron chi connectivity index (χ3n) is 4.13. The molecule has 0 aliphatic heterocycles. The number of hydrazone groups is 1. The minimum atomic E-state index is -0.348. The zero-order chi connectivity index (χ0) is 22.2. The van der Waals surface area contributed by atoms with Crippen LogP contribution in [0.5, 0.6) is 11.5 Å². The summed E-state index contributed by atoms with van der Waals surface area (Å²) in [7, 11) is 0. The van der Waals surface area contributed by atoms with Gasteiger partial charge in [0.25, 0.3) is 5.91 Å². The summed E-state index contributed by atoms with van der Waals surface area (Å²) in [5.74, 6) is 0.157. The van der Waals surface area contributed by atoms with E-state index in [0.717, 1.165) is 5.56 Å². The Morgan fingerprint density at radius 2 is 1.90 bits per heavy atom. The minimum absolute atomic E-state index is 0.204. The van der Waals surface area contributed by atoms with E-state index < -0.39 is 0 Å². The molecule has 0 unspecified atom stereocenters. The van der Waals surface area contributed by atoms with Gasteiger partial charge in [-0.05, 0) is 70.4 Å². The monoisotopic (exact) mass is 504 g/mol. The van der Waals surface area contributed by atoms with Gasteiger partial charge in [-0.2, -0.15) is 5.10 Å². The molecule has 0 atom stereocenters. The fourth-order valence-corrected chi connectivity index (χ4v) is 3.41. The quantitative estimate of drug-likeness (QED) is 0.302. The van der Waals surface area contributed by atoms with Crippen molar-refractivity contribution in [1.82, 2.24) is 5.43 Å². The van der Waals surface area contributed by atoms with Gasteiger partial charge in [-0.25, -0.2) is 9.82 Å². The van der Waals surface area contributed by atoms with Gasteiger partial charge < -0.3 is 9.47 Å². The molecule has 0 aliphatic rings. The topological polar surface area (TPSA) is 59.9 Å². The molecule has 8 heteroatoms. The van der Waals surface area contributed by atoms with Crippen molar-refractivity contribution in [2.45, 2.75) is 13.5 Å². The molecule has 31 heavy (non-hydrogen) atoms. The summed E-state index contributed by atoms with van der Waals surface area (Å²) in [4.78, 5) is 12.2. The molecule has 0 fully saturated rings. The minimum Gasteiger partial charge on any atom is -0.490 e. The first kappa shape index (κ1) is 22.8. The molecule has 3 aromatic rings. The van der Waals surface area contributed by atoms with E-state index in [0.29, 0.717) is 38.7 Å². The molecule has 3 aromatic carbocycles. The molecule has 1 N–H and O–H groups in total. The molecular weight excluding hydrogens is 487 g/mol. The maximum absolute atomic E-state index is 13.1. The van der Waals surface area contributed by atoms with Crippen molar-refractivity contribution < 1.29 is 18.7 Å².